The Hall–Kier alpha value is -4.41. The average molecular weight is 1300 g/mol. The van der Waals surface area contributed by atoms with Crippen LogP contribution in [0.3, 0.4) is 0 Å². The zero-order valence-electron chi connectivity index (χ0n) is 42.1. The number of rotatable bonds is 8. The maximum atomic E-state index is 6.33. The van der Waals surface area contributed by atoms with E-state index in [2.05, 4.69) is 64.5 Å². The van der Waals surface area contributed by atoms with Gasteiger partial charge in [0.2, 0.25) is 0 Å². The van der Waals surface area contributed by atoms with Gasteiger partial charge < -0.3 is 34.2 Å². The van der Waals surface area contributed by atoms with Crippen molar-refractivity contribution in [2.45, 2.75) is 82.3 Å². The van der Waals surface area contributed by atoms with Gasteiger partial charge in [-0.15, -0.1) is 0 Å². The summed E-state index contributed by atoms with van der Waals surface area (Å²) in [4.78, 5) is 24.9. The summed E-state index contributed by atoms with van der Waals surface area (Å²) in [6.07, 6.45) is 4.20. The van der Waals surface area contributed by atoms with Crippen LogP contribution < -0.4 is 15.2 Å². The Balaban J connectivity index is 0.000000184. The molecule has 17 nitrogen and oxygen atoms in total. The molecule has 0 saturated heterocycles. The zero-order chi connectivity index (χ0) is 54.5. The fourth-order valence-electron chi connectivity index (χ4n) is 8.17. The van der Waals surface area contributed by atoms with Crippen molar-refractivity contribution in [2.75, 3.05) is 20.0 Å². The van der Waals surface area contributed by atoms with Crippen molar-refractivity contribution in [3.63, 3.8) is 0 Å². The van der Waals surface area contributed by atoms with Gasteiger partial charge in [0.05, 0.1) is 54.0 Å². The van der Waals surface area contributed by atoms with Crippen molar-refractivity contribution < 1.29 is 18.5 Å². The van der Waals surface area contributed by atoms with E-state index in [1.807, 2.05) is 77.5 Å². The molecule has 4 N–H and O–H groups in total. The van der Waals surface area contributed by atoms with E-state index in [-0.39, 0.29) is 7.43 Å². The third-order valence-corrected chi connectivity index (χ3v) is 33.7. The smallest absolute Gasteiger partial charge is 0.143 e. The van der Waals surface area contributed by atoms with E-state index in [4.69, 9.17) is 63.2 Å². The minimum absolute atomic E-state index is 0. The molecule has 0 spiro atoms. The van der Waals surface area contributed by atoms with Crippen LogP contribution in [0, 0.1) is 41.5 Å². The number of aromatic amines is 2. The molecule has 410 valence electrons. The van der Waals surface area contributed by atoms with E-state index in [1.165, 1.54) is 17.8 Å². The van der Waals surface area contributed by atoms with Crippen LogP contribution in [0.5, 0.6) is 11.5 Å². The molecular weight excluding hydrogens is 1250 g/mol. The van der Waals surface area contributed by atoms with E-state index in [9.17, 15) is 0 Å². The second-order valence-electron chi connectivity index (χ2n) is 15.7. The van der Waals surface area contributed by atoms with Gasteiger partial charge in [0.25, 0.3) is 0 Å². The lowest BCUT2D eigenvalue weighted by atomic mass is 10.00. The lowest BCUT2D eigenvalue weighted by Gasteiger charge is -2.10. The number of fused-ring (bicyclic) bond motifs is 6. The van der Waals surface area contributed by atoms with E-state index < -0.39 is 0 Å². The first-order valence-electron chi connectivity index (χ1n) is 22.4. The summed E-state index contributed by atoms with van der Waals surface area (Å²) in [6, 6.07) is 11.9. The molecule has 0 aliphatic heterocycles. The molecule has 0 fully saturated rings. The predicted octanol–water partition coefficient (Wildman–Crippen LogP) is 9.95. The topological polar surface area (TPSA) is 215 Å². The van der Waals surface area contributed by atoms with Gasteiger partial charge in [-0.05, 0) is 91.8 Å². The first-order chi connectivity index (χ1) is 36.7. The highest BCUT2D eigenvalue weighted by Crippen LogP contribution is 2.42. The van der Waals surface area contributed by atoms with Crippen LogP contribution in [0.15, 0.2) is 57.8 Å². The molecule has 8 heterocycles. The number of nitrogens with one attached hydrogen (secondary N) is 2. The minimum atomic E-state index is 0. The van der Waals surface area contributed by atoms with Gasteiger partial charge in [-0.2, -0.15) is 10.2 Å². The second-order valence-corrected chi connectivity index (χ2v) is 35.5. The molecule has 0 atom stereocenters. The fraction of sp³-hybridized carbons (Fsp3) is 0.304. The van der Waals surface area contributed by atoms with Gasteiger partial charge in [0.15, 0.2) is 0 Å². The highest BCUT2D eigenvalue weighted by Gasteiger charge is 2.22. The van der Waals surface area contributed by atoms with Gasteiger partial charge in [0, 0.05) is 190 Å². The molecule has 0 unspecified atom stereocenters. The van der Waals surface area contributed by atoms with Gasteiger partial charge in [0.1, 0.15) is 56.9 Å². The van der Waals surface area contributed by atoms with Crippen LogP contribution in [-0.2, 0) is 140 Å². The van der Waals surface area contributed by atoms with E-state index in [1.54, 1.807) is 111 Å². The Labute approximate surface area is 490 Å². The summed E-state index contributed by atoms with van der Waals surface area (Å²) >= 11 is 15.7. The summed E-state index contributed by atoms with van der Waals surface area (Å²) in [5, 5.41) is 20.6. The zero-order valence-corrected chi connectivity index (χ0v) is 53.5. The number of benzene rings is 2. The molecule has 8 aromatic heterocycles. The fourth-order valence-corrected chi connectivity index (χ4v) is 33.2. The molecule has 0 aliphatic carbocycles. The van der Waals surface area contributed by atoms with Crippen LogP contribution in [-0.4, -0.2) is 74.0 Å². The molecule has 31 heteroatoms. The highest BCUT2D eigenvalue weighted by atomic mass is 35.5. The van der Waals surface area contributed by atoms with E-state index >= 15 is 0 Å². The average Bonchev–Trinajstić information content (AvgIpc) is 4.35. The molecule has 10 rings (SSSR count). The number of hydrogen-bond donors (Lipinski definition) is 3. The maximum absolute atomic E-state index is 6.33. The largest absolute Gasteiger partial charge is 0.496 e. The summed E-state index contributed by atoms with van der Waals surface area (Å²) in [7, 11) is 21.4. The quantitative estimate of drug-likeness (QED) is 0.121. The van der Waals surface area contributed by atoms with Crippen LogP contribution in [0.25, 0.3) is 66.1 Å². The van der Waals surface area contributed by atoms with E-state index in [0.717, 1.165) is 131 Å². The van der Waals surface area contributed by atoms with Crippen molar-refractivity contribution in [1.29, 1.82) is 0 Å². The summed E-state index contributed by atoms with van der Waals surface area (Å²) < 4.78 is 25.8. The van der Waals surface area contributed by atoms with Crippen molar-refractivity contribution in [2.24, 2.45) is 0 Å². The second kappa shape index (κ2) is 29.7. The number of nitrogen functional groups attached to an aromatic ring is 1. The standard InChI is InChI=1S/C23H24N6O2.C17H15ClN4O2.C5H9N3.CH4.S13/c1-6-29-15(7-8-24-29)9-19-22-16-11-20(30-5)17(21-12(2)28-31-13(21)3)10-18(16)27-23(22)26-14(4)25-19;1-7-14(8(2)24-22-7)11-5-12-10(6-13(11)23-4)15-16(18)19-9(3)20-17(15)21-12;1-2-8-5(6)3-4-7-8;;1-3-5-7-9-11-13-12-10-8-6-4-2/h7-8,10-11H,6,9H2,1-5H3,(H,25,26,27);5-6H,1-4H3,(H,19,20,21);3-4H,2,6H2,1H3;1H4;. The number of ether oxygens (including phenoxy) is 2. The molecular formula is C46H52ClN13O4S13. The number of methoxy groups -OCH3 is 2. The third-order valence-electron chi connectivity index (χ3n) is 11.2. The number of halogens is 1. The minimum Gasteiger partial charge on any atom is -0.496 e. The number of hydrogen-bond acceptors (Lipinski definition) is 15. The molecule has 10 aromatic rings. The monoisotopic (exact) mass is 1300 g/mol. The molecule has 77 heavy (non-hydrogen) atoms. The molecule has 0 saturated carbocycles. The first-order valence-corrected chi connectivity index (χ1v) is 38.8. The van der Waals surface area contributed by atoms with E-state index in [0.29, 0.717) is 23.0 Å². The number of anilines is 1. The van der Waals surface area contributed by atoms with Crippen molar-refractivity contribution in [3.05, 3.63) is 99.9 Å². The molecule has 0 bridgehead atoms. The number of aryl methyl sites for hydroxylation is 8. The Kier molecular flexibility index (Phi) is 23.8. The van der Waals surface area contributed by atoms with Crippen molar-refractivity contribution >= 4 is 181 Å². The Morgan fingerprint density at radius 1 is 0.623 bits per heavy atom. The molecule has 0 amide bonds. The first kappa shape index (κ1) is 61.8. The van der Waals surface area contributed by atoms with Gasteiger partial charge in [-0.25, -0.2) is 19.9 Å². The lowest BCUT2D eigenvalue weighted by molar-refractivity contribution is 0.393. The Morgan fingerprint density at radius 2 is 1.08 bits per heavy atom. The summed E-state index contributed by atoms with van der Waals surface area (Å²) in [6.45, 7) is 17.1. The van der Waals surface area contributed by atoms with Gasteiger partial charge in [-0.1, -0.05) is 29.3 Å². The number of nitrogens with zero attached hydrogens (tertiary/aromatic N) is 10. The highest BCUT2D eigenvalue weighted by molar-refractivity contribution is 8.75. The van der Waals surface area contributed by atoms with Crippen LogP contribution in [0.4, 0.5) is 5.82 Å². The van der Waals surface area contributed by atoms with Crippen LogP contribution in [0.1, 0.15) is 67.2 Å². The van der Waals surface area contributed by atoms with Gasteiger partial charge >= 0.3 is 0 Å². The molecule has 0 aliphatic rings. The SMILES string of the molecule is C.CCn1nccc1Cc1nc(C)nc2[nH]c3cc(-c4c(C)noc4C)c(OC)cc3c12.CCn1nccc1N.COc1cc2c(cc1-c1c(C)noc1C)[nH]c1nc(C)nc(Cl)c12.S=S=S=S=S=S=S=S=S=S=S=S=S. The summed E-state index contributed by atoms with van der Waals surface area (Å²) in [5.41, 5.74) is 16.3. The number of H-pyrrole nitrogens is 2. The number of nitrogens with two attached hydrogens (primary N) is 1. The van der Waals surface area contributed by atoms with Crippen molar-refractivity contribution in [1.82, 2.24) is 59.8 Å². The maximum Gasteiger partial charge on any atom is 0.143 e. The van der Waals surface area contributed by atoms with Crippen LogP contribution >= 0.6 is 11.6 Å². The lowest BCUT2D eigenvalue weighted by Crippen LogP contribution is -2.05. The predicted molar refractivity (Wildman–Crippen MR) is 346 cm³/mol. The molecule has 0 radical (unpaired) electrons. The van der Waals surface area contributed by atoms with Crippen molar-refractivity contribution in [3.8, 4) is 33.8 Å². The Bertz CT molecular complexity index is 4200. The number of aromatic nitrogens is 12. The Morgan fingerprint density at radius 3 is 1.51 bits per heavy atom. The van der Waals surface area contributed by atoms with Crippen LogP contribution in [0.2, 0.25) is 5.15 Å². The van der Waals surface area contributed by atoms with Gasteiger partial charge in [-0.3, -0.25) is 9.36 Å². The third kappa shape index (κ3) is 15.1. The summed E-state index contributed by atoms with van der Waals surface area (Å²) in [5.74, 6) is 5.06. The normalized spacial score (nSPS) is 10.5. The molecule has 2 aromatic carbocycles.